The second-order valence-electron chi connectivity index (χ2n) is 3.98. The van der Waals surface area contributed by atoms with Gasteiger partial charge in [0.1, 0.15) is 11.5 Å². The lowest BCUT2D eigenvalue weighted by molar-refractivity contribution is -0.144. The van der Waals surface area contributed by atoms with Gasteiger partial charge in [0.25, 0.3) is 0 Å². The minimum atomic E-state index is -4.54. The zero-order chi connectivity index (χ0) is 12.8. The van der Waals surface area contributed by atoms with Crippen LogP contribution in [0.15, 0.2) is 6.07 Å². The Morgan fingerprint density at radius 2 is 1.88 bits per heavy atom. The third-order valence-electron chi connectivity index (χ3n) is 2.28. The zero-order valence-corrected chi connectivity index (χ0v) is 9.55. The van der Waals surface area contributed by atoms with Crippen molar-refractivity contribution in [1.29, 1.82) is 0 Å². The van der Waals surface area contributed by atoms with Gasteiger partial charge in [0.05, 0.1) is 5.39 Å². The van der Waals surface area contributed by atoms with Crippen molar-refractivity contribution in [3.63, 3.8) is 0 Å². The molecule has 0 fully saturated rings. The molecule has 0 saturated carbocycles. The third-order valence-corrected chi connectivity index (χ3v) is 2.28. The predicted octanol–water partition coefficient (Wildman–Crippen LogP) is 2.35. The molecule has 2 aromatic heterocycles. The van der Waals surface area contributed by atoms with Crippen LogP contribution in [0, 0.1) is 6.92 Å². The molecule has 0 amide bonds. The normalized spacial score (nSPS) is 12.1. The fourth-order valence-electron chi connectivity index (χ4n) is 1.59. The van der Waals surface area contributed by atoms with E-state index in [4.69, 9.17) is 0 Å². The Hall–Kier alpha value is -1.79. The lowest BCUT2D eigenvalue weighted by Gasteiger charge is -2.14. The second kappa shape index (κ2) is 3.61. The number of nitrogens with one attached hydrogen (secondary N) is 1. The molecule has 2 rings (SSSR count). The summed E-state index contributed by atoms with van der Waals surface area (Å²) >= 11 is 0. The van der Waals surface area contributed by atoms with Crippen molar-refractivity contribution in [2.75, 3.05) is 19.0 Å². The number of rotatable bonds is 1. The van der Waals surface area contributed by atoms with Crippen molar-refractivity contribution in [3.05, 3.63) is 17.6 Å². The molecule has 2 aromatic rings. The third kappa shape index (κ3) is 2.04. The number of nitrogens with zero attached hydrogens (tertiary/aromatic N) is 3. The minimum absolute atomic E-state index is 0.202. The zero-order valence-electron chi connectivity index (χ0n) is 9.55. The highest BCUT2D eigenvalue weighted by atomic mass is 19.4. The van der Waals surface area contributed by atoms with Crippen LogP contribution in [0.2, 0.25) is 0 Å². The molecular weight excluding hydrogens is 233 g/mol. The highest BCUT2D eigenvalue weighted by Crippen LogP contribution is 2.31. The van der Waals surface area contributed by atoms with Gasteiger partial charge in [-0.2, -0.15) is 13.2 Å². The molecule has 0 aliphatic rings. The average Bonchev–Trinajstić information content (AvgIpc) is 2.54. The van der Waals surface area contributed by atoms with Crippen molar-refractivity contribution < 1.29 is 13.2 Å². The largest absolute Gasteiger partial charge is 0.451 e. The molecule has 7 heteroatoms. The maximum Gasteiger partial charge on any atom is 0.451 e. The number of H-pyrrole nitrogens is 1. The van der Waals surface area contributed by atoms with Crippen molar-refractivity contribution in [1.82, 2.24) is 15.0 Å². The van der Waals surface area contributed by atoms with Gasteiger partial charge in [0.2, 0.25) is 5.82 Å². The summed E-state index contributed by atoms with van der Waals surface area (Å²) in [6.45, 7) is 1.76. The Morgan fingerprint density at radius 3 is 2.41 bits per heavy atom. The van der Waals surface area contributed by atoms with E-state index < -0.39 is 12.0 Å². The van der Waals surface area contributed by atoms with Crippen molar-refractivity contribution >= 4 is 16.9 Å². The number of alkyl halides is 3. The fourth-order valence-corrected chi connectivity index (χ4v) is 1.59. The van der Waals surface area contributed by atoms with E-state index in [0.717, 1.165) is 5.69 Å². The van der Waals surface area contributed by atoms with Crippen LogP contribution in [0.25, 0.3) is 11.0 Å². The van der Waals surface area contributed by atoms with Gasteiger partial charge < -0.3 is 9.88 Å². The summed E-state index contributed by atoms with van der Waals surface area (Å²) in [5.74, 6) is -0.873. The summed E-state index contributed by atoms with van der Waals surface area (Å²) in [5.41, 5.74) is 0.949. The summed E-state index contributed by atoms with van der Waals surface area (Å²) in [4.78, 5) is 11.4. The number of aromatic amines is 1. The number of aryl methyl sites for hydroxylation is 1. The molecule has 92 valence electrons. The first kappa shape index (κ1) is 11.7. The number of hydrogen-bond donors (Lipinski definition) is 1. The molecule has 0 aromatic carbocycles. The Labute approximate surface area is 95.5 Å². The summed E-state index contributed by atoms with van der Waals surface area (Å²) < 4.78 is 37.8. The van der Waals surface area contributed by atoms with E-state index in [9.17, 15) is 13.2 Å². The van der Waals surface area contributed by atoms with E-state index in [1.165, 1.54) is 4.90 Å². The van der Waals surface area contributed by atoms with E-state index in [2.05, 4.69) is 15.0 Å². The van der Waals surface area contributed by atoms with Gasteiger partial charge >= 0.3 is 6.18 Å². The van der Waals surface area contributed by atoms with Crippen molar-refractivity contribution in [2.45, 2.75) is 13.1 Å². The predicted molar refractivity (Wildman–Crippen MR) is 58.0 cm³/mol. The molecule has 0 aliphatic carbocycles. The van der Waals surface area contributed by atoms with Gasteiger partial charge in [-0.3, -0.25) is 0 Å². The molecule has 0 saturated heterocycles. The molecule has 0 aliphatic heterocycles. The topological polar surface area (TPSA) is 44.8 Å². The number of aromatic nitrogens is 3. The van der Waals surface area contributed by atoms with E-state index in [-0.39, 0.29) is 11.5 Å². The minimum Gasteiger partial charge on any atom is -0.362 e. The summed E-state index contributed by atoms with van der Waals surface area (Å²) in [6, 6.07) is 1.73. The van der Waals surface area contributed by atoms with Crippen LogP contribution in [0.1, 0.15) is 11.5 Å². The van der Waals surface area contributed by atoms with Gasteiger partial charge in [-0.25, -0.2) is 9.97 Å². The van der Waals surface area contributed by atoms with Crippen LogP contribution >= 0.6 is 0 Å². The van der Waals surface area contributed by atoms with Crippen molar-refractivity contribution in [2.24, 2.45) is 0 Å². The summed E-state index contributed by atoms with van der Waals surface area (Å²) in [7, 11) is 3.29. The molecule has 0 bridgehead atoms. The molecule has 1 N–H and O–H groups in total. The van der Waals surface area contributed by atoms with E-state index >= 15 is 0 Å². The fraction of sp³-hybridized carbons (Fsp3) is 0.400. The average molecular weight is 244 g/mol. The highest BCUT2D eigenvalue weighted by Gasteiger charge is 2.36. The molecule has 0 spiro atoms. The number of hydrogen-bond acceptors (Lipinski definition) is 3. The van der Waals surface area contributed by atoms with Crippen LogP contribution in [-0.4, -0.2) is 29.0 Å². The first-order valence-electron chi connectivity index (χ1n) is 4.91. The van der Waals surface area contributed by atoms with Gasteiger partial charge in [0.15, 0.2) is 0 Å². The van der Waals surface area contributed by atoms with Gasteiger partial charge in [-0.05, 0) is 13.0 Å². The number of anilines is 1. The summed E-state index contributed by atoms with van der Waals surface area (Å²) in [5, 5.41) is 0.584. The van der Waals surface area contributed by atoms with Crippen LogP contribution in [0.4, 0.5) is 19.0 Å². The molecular formula is C10H11F3N4. The Morgan fingerprint density at radius 1 is 1.24 bits per heavy atom. The van der Waals surface area contributed by atoms with E-state index in [0.29, 0.717) is 5.39 Å². The van der Waals surface area contributed by atoms with Crippen LogP contribution in [-0.2, 0) is 6.18 Å². The molecule has 0 atom stereocenters. The quantitative estimate of drug-likeness (QED) is 0.837. The number of halogens is 3. The molecule has 17 heavy (non-hydrogen) atoms. The smallest absolute Gasteiger partial charge is 0.362 e. The maximum atomic E-state index is 12.6. The van der Waals surface area contributed by atoms with Crippen LogP contribution < -0.4 is 4.90 Å². The summed E-state index contributed by atoms with van der Waals surface area (Å²) in [6.07, 6.45) is -4.54. The van der Waals surface area contributed by atoms with Gasteiger partial charge in [0, 0.05) is 19.8 Å². The first-order chi connectivity index (χ1) is 7.79. The first-order valence-corrected chi connectivity index (χ1v) is 4.91. The van der Waals surface area contributed by atoms with E-state index in [1.807, 2.05) is 0 Å². The SMILES string of the molecule is Cc1cc2c(N(C)C)nc(C(F)(F)F)nc2[nH]1. The highest BCUT2D eigenvalue weighted by molar-refractivity contribution is 5.88. The Kier molecular flexibility index (Phi) is 2.48. The lowest BCUT2D eigenvalue weighted by atomic mass is 10.3. The maximum absolute atomic E-state index is 12.6. The standard InChI is InChI=1S/C10H11F3N4/c1-5-4-6-7(14-5)15-9(10(11,12)13)16-8(6)17(2)3/h4H,1-3H3,(H,14,15,16). The van der Waals surface area contributed by atoms with Crippen LogP contribution in [0.5, 0.6) is 0 Å². The van der Waals surface area contributed by atoms with Crippen molar-refractivity contribution in [3.8, 4) is 0 Å². The Bertz CT molecular complexity index is 556. The van der Waals surface area contributed by atoms with Crippen LogP contribution in [0.3, 0.4) is 0 Å². The molecule has 0 radical (unpaired) electrons. The van der Waals surface area contributed by atoms with E-state index in [1.54, 1.807) is 27.1 Å². The second-order valence-corrected chi connectivity index (χ2v) is 3.98. The molecule has 4 nitrogen and oxygen atoms in total. The van der Waals surface area contributed by atoms with Gasteiger partial charge in [-0.1, -0.05) is 0 Å². The molecule has 0 unspecified atom stereocenters. The Balaban J connectivity index is 2.75. The molecule has 2 heterocycles. The number of fused-ring (bicyclic) bond motifs is 1. The lowest BCUT2D eigenvalue weighted by Crippen LogP contribution is -2.17. The van der Waals surface area contributed by atoms with Gasteiger partial charge in [-0.15, -0.1) is 0 Å². The monoisotopic (exact) mass is 244 g/mol.